The van der Waals surface area contributed by atoms with E-state index in [2.05, 4.69) is 15.6 Å². The van der Waals surface area contributed by atoms with Crippen molar-refractivity contribution in [3.63, 3.8) is 0 Å². The lowest BCUT2D eigenvalue weighted by Crippen LogP contribution is -2.35. The third-order valence-corrected chi connectivity index (χ3v) is 7.20. The van der Waals surface area contributed by atoms with Gasteiger partial charge in [-0.05, 0) is 48.9 Å². The molecule has 0 aliphatic rings. The molecule has 0 aliphatic carbocycles. The van der Waals surface area contributed by atoms with E-state index in [1.165, 1.54) is 30.0 Å². The number of ether oxygens (including phenoxy) is 1. The molecule has 168 valence electrons. The number of nitrogens with one attached hydrogen (secondary N) is 2. The van der Waals surface area contributed by atoms with E-state index in [9.17, 15) is 14.4 Å². The van der Waals surface area contributed by atoms with Gasteiger partial charge in [0.25, 0.3) is 5.91 Å². The first-order chi connectivity index (χ1) is 15.4. The Morgan fingerprint density at radius 1 is 0.969 bits per heavy atom. The lowest BCUT2D eigenvalue weighted by molar-refractivity contribution is -0.129. The van der Waals surface area contributed by atoms with Crippen LogP contribution in [0.1, 0.15) is 34.0 Å². The molecule has 0 bridgehead atoms. The average molecular weight is 490 g/mol. The van der Waals surface area contributed by atoms with E-state index in [-0.39, 0.29) is 17.4 Å². The van der Waals surface area contributed by atoms with Gasteiger partial charge in [-0.1, -0.05) is 23.9 Å². The third kappa shape index (κ3) is 6.91. The third-order valence-electron chi connectivity index (χ3n) is 4.34. The van der Waals surface area contributed by atoms with Gasteiger partial charge in [0.15, 0.2) is 6.10 Å². The van der Waals surface area contributed by atoms with Gasteiger partial charge in [0, 0.05) is 16.0 Å². The maximum Gasteiger partial charge on any atom is 0.341 e. The van der Waals surface area contributed by atoms with Gasteiger partial charge >= 0.3 is 5.97 Å². The zero-order valence-electron chi connectivity index (χ0n) is 17.6. The highest BCUT2D eigenvalue weighted by atomic mass is 32.2. The standard InChI is InChI=1S/C22H23N3O4S3/c1-14(19(26)24-12-16-6-4-10-30-16)29-22(28)18-8-3-9-23-21(18)32-15(2)20(27)25-13-17-7-5-11-31-17/h3-11,14-15H,12-13H2,1-2H3,(H,24,26)(H,25,27). The number of aromatic nitrogens is 1. The lowest BCUT2D eigenvalue weighted by Gasteiger charge is -2.16. The van der Waals surface area contributed by atoms with Crippen LogP contribution in [0.25, 0.3) is 0 Å². The van der Waals surface area contributed by atoms with E-state index < -0.39 is 17.3 Å². The number of hydrogen-bond donors (Lipinski definition) is 2. The van der Waals surface area contributed by atoms with Crippen molar-refractivity contribution in [2.45, 2.75) is 43.3 Å². The fourth-order valence-corrected chi connectivity index (χ4v) is 4.82. The summed E-state index contributed by atoms with van der Waals surface area (Å²) in [5.74, 6) is -1.20. The number of amides is 2. The predicted octanol–water partition coefficient (Wildman–Crippen LogP) is 3.86. The molecule has 0 aromatic carbocycles. The Kier molecular flexibility index (Phi) is 8.83. The Balaban J connectivity index is 1.55. The number of carbonyl (C=O) groups excluding carboxylic acids is 3. The first-order valence-electron chi connectivity index (χ1n) is 9.87. The number of pyridine rings is 1. The van der Waals surface area contributed by atoms with Crippen LogP contribution in [0.4, 0.5) is 0 Å². The molecule has 3 rings (SSSR count). The first kappa shape index (κ1) is 24.0. The Morgan fingerprint density at radius 3 is 2.19 bits per heavy atom. The minimum Gasteiger partial charge on any atom is -0.449 e. The second-order valence-corrected chi connectivity index (χ2v) is 10.2. The molecule has 0 fully saturated rings. The summed E-state index contributed by atoms with van der Waals surface area (Å²) in [5.41, 5.74) is 0.216. The Hall–Kier alpha value is -2.69. The van der Waals surface area contributed by atoms with Crippen molar-refractivity contribution in [3.05, 3.63) is 68.7 Å². The van der Waals surface area contributed by atoms with Gasteiger partial charge in [-0.15, -0.1) is 22.7 Å². The monoisotopic (exact) mass is 489 g/mol. The number of hydrogen-bond acceptors (Lipinski definition) is 8. The van der Waals surface area contributed by atoms with Gasteiger partial charge in [-0.3, -0.25) is 9.59 Å². The highest BCUT2D eigenvalue weighted by Gasteiger charge is 2.24. The van der Waals surface area contributed by atoms with Gasteiger partial charge in [-0.2, -0.15) is 0 Å². The second kappa shape index (κ2) is 11.8. The molecule has 10 heteroatoms. The molecule has 0 spiro atoms. The van der Waals surface area contributed by atoms with Crippen LogP contribution in [-0.4, -0.2) is 34.1 Å². The molecule has 0 radical (unpaired) electrons. The Labute approximate surface area is 198 Å². The molecule has 0 saturated carbocycles. The molecule has 2 amide bonds. The number of carbonyl (C=O) groups is 3. The fourth-order valence-electron chi connectivity index (χ4n) is 2.60. The zero-order valence-corrected chi connectivity index (χ0v) is 20.0. The number of thiophene rings is 2. The summed E-state index contributed by atoms with van der Waals surface area (Å²) < 4.78 is 5.35. The molecule has 32 heavy (non-hydrogen) atoms. The summed E-state index contributed by atoms with van der Waals surface area (Å²) in [4.78, 5) is 43.7. The predicted molar refractivity (Wildman–Crippen MR) is 127 cm³/mol. The van der Waals surface area contributed by atoms with E-state index in [0.717, 1.165) is 9.75 Å². The smallest absolute Gasteiger partial charge is 0.341 e. The van der Waals surface area contributed by atoms with Crippen molar-refractivity contribution in [1.82, 2.24) is 15.6 Å². The second-order valence-electron chi connectivity index (χ2n) is 6.76. The maximum atomic E-state index is 12.7. The van der Waals surface area contributed by atoms with Crippen LogP contribution < -0.4 is 10.6 Å². The van der Waals surface area contributed by atoms with Gasteiger partial charge in [-0.25, -0.2) is 9.78 Å². The molecule has 0 aliphatic heterocycles. The van der Waals surface area contributed by atoms with E-state index in [4.69, 9.17) is 4.74 Å². The lowest BCUT2D eigenvalue weighted by atomic mass is 10.3. The van der Waals surface area contributed by atoms with E-state index in [0.29, 0.717) is 18.1 Å². The molecular weight excluding hydrogens is 466 g/mol. The minimum absolute atomic E-state index is 0.158. The quantitative estimate of drug-likeness (QED) is 0.332. The highest BCUT2D eigenvalue weighted by molar-refractivity contribution is 8.00. The van der Waals surface area contributed by atoms with Crippen molar-refractivity contribution >= 4 is 52.2 Å². The van der Waals surface area contributed by atoms with Gasteiger partial charge < -0.3 is 15.4 Å². The summed E-state index contributed by atoms with van der Waals surface area (Å²) in [6.45, 7) is 4.10. The molecule has 3 aromatic heterocycles. The van der Waals surface area contributed by atoms with E-state index in [1.807, 2.05) is 35.0 Å². The summed E-state index contributed by atoms with van der Waals surface area (Å²) in [6, 6.07) is 10.9. The SMILES string of the molecule is CC(OC(=O)c1cccnc1SC(C)C(=O)NCc1cccs1)C(=O)NCc1cccs1. The van der Waals surface area contributed by atoms with Crippen molar-refractivity contribution in [1.29, 1.82) is 0 Å². The average Bonchev–Trinajstić information content (AvgIpc) is 3.50. The molecule has 3 heterocycles. The first-order valence-corrected chi connectivity index (χ1v) is 12.5. The fraction of sp³-hybridized carbons (Fsp3) is 0.273. The summed E-state index contributed by atoms with van der Waals surface area (Å²) >= 11 is 4.27. The summed E-state index contributed by atoms with van der Waals surface area (Å²) in [6.07, 6.45) is 0.582. The van der Waals surface area contributed by atoms with Crippen molar-refractivity contribution in [3.8, 4) is 0 Å². The molecule has 2 N–H and O–H groups in total. The largest absolute Gasteiger partial charge is 0.449 e. The minimum atomic E-state index is -0.966. The van der Waals surface area contributed by atoms with Gasteiger partial charge in [0.05, 0.1) is 23.9 Å². The van der Waals surface area contributed by atoms with Crippen LogP contribution in [0.5, 0.6) is 0 Å². The highest BCUT2D eigenvalue weighted by Crippen LogP contribution is 2.26. The molecule has 7 nitrogen and oxygen atoms in total. The van der Waals surface area contributed by atoms with E-state index in [1.54, 1.807) is 36.6 Å². The zero-order chi connectivity index (χ0) is 22.9. The number of nitrogens with zero attached hydrogens (tertiary/aromatic N) is 1. The molecule has 0 saturated heterocycles. The molecule has 3 aromatic rings. The van der Waals surface area contributed by atoms with Crippen molar-refractivity contribution in [2.75, 3.05) is 0 Å². The van der Waals surface area contributed by atoms with Crippen LogP contribution in [0.15, 0.2) is 58.4 Å². The normalized spacial score (nSPS) is 12.6. The Morgan fingerprint density at radius 2 is 1.59 bits per heavy atom. The number of esters is 1. The maximum absolute atomic E-state index is 12.7. The van der Waals surface area contributed by atoms with Crippen LogP contribution in [-0.2, 0) is 27.4 Å². The summed E-state index contributed by atoms with van der Waals surface area (Å²) in [7, 11) is 0. The molecule has 2 atom stereocenters. The van der Waals surface area contributed by atoms with Crippen molar-refractivity contribution < 1.29 is 19.1 Å². The molecule has 2 unspecified atom stereocenters. The topological polar surface area (TPSA) is 97.4 Å². The molecular formula is C22H23N3O4S3. The number of rotatable bonds is 10. The van der Waals surface area contributed by atoms with E-state index >= 15 is 0 Å². The van der Waals surface area contributed by atoms with Crippen molar-refractivity contribution in [2.24, 2.45) is 0 Å². The Bertz CT molecular complexity index is 1040. The van der Waals surface area contributed by atoms with Crippen LogP contribution in [0.3, 0.4) is 0 Å². The van der Waals surface area contributed by atoms with Gasteiger partial charge in [0.2, 0.25) is 5.91 Å². The van der Waals surface area contributed by atoms with Crippen LogP contribution in [0.2, 0.25) is 0 Å². The van der Waals surface area contributed by atoms with Crippen LogP contribution in [0, 0.1) is 0 Å². The summed E-state index contributed by atoms with van der Waals surface area (Å²) in [5, 5.41) is 9.42. The number of thioether (sulfide) groups is 1. The van der Waals surface area contributed by atoms with Gasteiger partial charge in [0.1, 0.15) is 5.03 Å². The van der Waals surface area contributed by atoms with Crippen LogP contribution >= 0.6 is 34.4 Å².